The first-order valence-electron chi connectivity index (χ1n) is 5.28. The maximum atomic E-state index is 9.92. The lowest BCUT2D eigenvalue weighted by Crippen LogP contribution is -2.06. The third-order valence-corrected chi connectivity index (χ3v) is 4.14. The maximum absolute atomic E-state index is 9.92. The normalized spacial score (nSPS) is 12.6. The summed E-state index contributed by atoms with van der Waals surface area (Å²) in [7, 11) is 0. The number of hydrogen-bond acceptors (Lipinski definition) is 3. The summed E-state index contributed by atoms with van der Waals surface area (Å²) in [5.74, 6) is 0. The van der Waals surface area contributed by atoms with Crippen LogP contribution in [0.1, 0.15) is 17.2 Å². The average Bonchev–Trinajstić information content (AvgIpc) is 2.77. The Morgan fingerprint density at radius 1 is 1.24 bits per heavy atom. The van der Waals surface area contributed by atoms with Gasteiger partial charge in [0.25, 0.3) is 0 Å². The van der Waals surface area contributed by atoms with E-state index in [2.05, 4.69) is 15.9 Å². The zero-order chi connectivity index (χ0) is 12.1. The van der Waals surface area contributed by atoms with Crippen LogP contribution in [-0.4, -0.2) is 11.7 Å². The van der Waals surface area contributed by atoms with Crippen molar-refractivity contribution in [2.75, 3.05) is 6.61 Å². The van der Waals surface area contributed by atoms with Gasteiger partial charge in [-0.25, -0.2) is 0 Å². The van der Waals surface area contributed by atoms with E-state index in [1.807, 2.05) is 41.1 Å². The molecule has 0 radical (unpaired) electrons. The van der Waals surface area contributed by atoms with Gasteiger partial charge in [-0.05, 0) is 26.9 Å². The van der Waals surface area contributed by atoms with Crippen molar-refractivity contribution in [1.82, 2.24) is 0 Å². The van der Waals surface area contributed by atoms with Gasteiger partial charge in [0.15, 0.2) is 0 Å². The molecule has 0 amide bonds. The molecule has 0 aliphatic rings. The number of rotatable bonds is 5. The molecular formula is C13H13BrO2S. The number of aliphatic hydroxyl groups excluding tert-OH is 1. The van der Waals surface area contributed by atoms with Crippen molar-refractivity contribution < 1.29 is 9.84 Å². The van der Waals surface area contributed by atoms with Gasteiger partial charge in [-0.1, -0.05) is 30.3 Å². The van der Waals surface area contributed by atoms with Gasteiger partial charge in [-0.3, -0.25) is 0 Å². The van der Waals surface area contributed by atoms with Crippen LogP contribution in [-0.2, 0) is 11.3 Å². The largest absolute Gasteiger partial charge is 0.386 e. The highest BCUT2D eigenvalue weighted by Gasteiger charge is 2.12. The molecule has 90 valence electrons. The highest BCUT2D eigenvalue weighted by atomic mass is 79.9. The molecule has 0 fully saturated rings. The van der Waals surface area contributed by atoms with Gasteiger partial charge in [0.1, 0.15) is 6.10 Å². The third-order valence-electron chi connectivity index (χ3n) is 2.39. The van der Waals surface area contributed by atoms with Crippen molar-refractivity contribution in [3.05, 3.63) is 56.7 Å². The molecule has 0 aliphatic carbocycles. The lowest BCUT2D eigenvalue weighted by Gasteiger charge is -2.10. The number of hydrogen-bond donors (Lipinski definition) is 1. The average molecular weight is 313 g/mol. The summed E-state index contributed by atoms with van der Waals surface area (Å²) in [4.78, 5) is 0. The second-order valence-corrected chi connectivity index (χ2v) is 5.29. The van der Waals surface area contributed by atoms with Crippen molar-refractivity contribution in [1.29, 1.82) is 0 Å². The first-order valence-corrected chi connectivity index (χ1v) is 7.02. The molecule has 4 heteroatoms. The molecule has 1 N–H and O–H groups in total. The van der Waals surface area contributed by atoms with Crippen molar-refractivity contribution in [2.45, 2.75) is 12.7 Å². The number of ether oxygens (including phenoxy) is 1. The number of halogens is 1. The molecule has 0 spiro atoms. The third kappa shape index (κ3) is 3.64. The van der Waals surface area contributed by atoms with Crippen LogP contribution in [0, 0.1) is 0 Å². The van der Waals surface area contributed by atoms with Crippen molar-refractivity contribution in [3.8, 4) is 0 Å². The number of thiophene rings is 1. The van der Waals surface area contributed by atoms with Crippen molar-refractivity contribution in [2.24, 2.45) is 0 Å². The van der Waals surface area contributed by atoms with E-state index in [9.17, 15) is 5.11 Å². The molecular weight excluding hydrogens is 300 g/mol. The van der Waals surface area contributed by atoms with Gasteiger partial charge >= 0.3 is 0 Å². The van der Waals surface area contributed by atoms with E-state index in [-0.39, 0.29) is 0 Å². The van der Waals surface area contributed by atoms with Crippen LogP contribution in [0.25, 0.3) is 0 Å². The van der Waals surface area contributed by atoms with Gasteiger partial charge in [0.2, 0.25) is 0 Å². The van der Waals surface area contributed by atoms with Crippen LogP contribution in [0.5, 0.6) is 0 Å². The quantitative estimate of drug-likeness (QED) is 0.911. The van der Waals surface area contributed by atoms with Gasteiger partial charge in [-0.15, -0.1) is 0 Å². The zero-order valence-electron chi connectivity index (χ0n) is 9.17. The van der Waals surface area contributed by atoms with Crippen molar-refractivity contribution in [3.63, 3.8) is 0 Å². The molecule has 0 bridgehead atoms. The standard InChI is InChI=1S/C13H13BrO2S/c14-12-9-17-8-11(12)13(15)7-16-6-10-4-2-1-3-5-10/h1-5,8-9,13,15H,6-7H2. The zero-order valence-corrected chi connectivity index (χ0v) is 11.6. The molecule has 17 heavy (non-hydrogen) atoms. The summed E-state index contributed by atoms with van der Waals surface area (Å²) in [6.45, 7) is 0.837. The second-order valence-electron chi connectivity index (χ2n) is 3.69. The Hall–Kier alpha value is -0.680. The number of benzene rings is 1. The van der Waals surface area contributed by atoms with E-state index in [1.165, 1.54) is 0 Å². The van der Waals surface area contributed by atoms with Crippen LogP contribution in [0.3, 0.4) is 0 Å². The van der Waals surface area contributed by atoms with E-state index in [1.54, 1.807) is 11.3 Å². The van der Waals surface area contributed by atoms with Crippen molar-refractivity contribution >= 4 is 27.3 Å². The van der Waals surface area contributed by atoms with Crippen LogP contribution in [0.2, 0.25) is 0 Å². The molecule has 0 saturated heterocycles. The fourth-order valence-corrected chi connectivity index (χ4v) is 3.09. The Morgan fingerprint density at radius 2 is 2.00 bits per heavy atom. The molecule has 1 aromatic heterocycles. The minimum absolute atomic E-state index is 0.310. The summed E-state index contributed by atoms with van der Waals surface area (Å²) >= 11 is 4.96. The minimum atomic E-state index is -0.570. The second kappa shape index (κ2) is 6.31. The van der Waals surface area contributed by atoms with Gasteiger partial charge < -0.3 is 9.84 Å². The maximum Gasteiger partial charge on any atom is 0.104 e. The Morgan fingerprint density at radius 3 is 2.65 bits per heavy atom. The van der Waals surface area contributed by atoms with Crippen LogP contribution < -0.4 is 0 Å². The minimum Gasteiger partial charge on any atom is -0.386 e. The first kappa shape index (κ1) is 12.8. The van der Waals surface area contributed by atoms with E-state index >= 15 is 0 Å². The summed E-state index contributed by atoms with van der Waals surface area (Å²) in [6, 6.07) is 9.94. The topological polar surface area (TPSA) is 29.5 Å². The smallest absolute Gasteiger partial charge is 0.104 e. The first-order chi connectivity index (χ1) is 8.27. The molecule has 2 aromatic rings. The Kier molecular flexibility index (Phi) is 4.74. The predicted octanol–water partition coefficient (Wildman–Crippen LogP) is 3.76. The summed E-state index contributed by atoms with van der Waals surface area (Å²) in [5, 5.41) is 13.8. The number of aliphatic hydroxyl groups is 1. The molecule has 0 aliphatic heterocycles. The van der Waals surface area contributed by atoms with Crippen LogP contribution >= 0.6 is 27.3 Å². The van der Waals surface area contributed by atoms with Crippen LogP contribution in [0.4, 0.5) is 0 Å². The van der Waals surface area contributed by atoms with E-state index in [0.717, 1.165) is 15.6 Å². The van der Waals surface area contributed by atoms with Crippen LogP contribution in [0.15, 0.2) is 45.6 Å². The molecule has 2 rings (SSSR count). The summed E-state index contributed by atoms with van der Waals surface area (Å²) in [5.41, 5.74) is 2.01. The Bertz CT molecular complexity index is 455. The lowest BCUT2D eigenvalue weighted by atomic mass is 10.2. The SMILES string of the molecule is OC(COCc1ccccc1)c1cscc1Br. The van der Waals surface area contributed by atoms with Gasteiger partial charge in [0.05, 0.1) is 13.2 Å². The molecule has 1 aromatic carbocycles. The Labute approximate surface area is 113 Å². The predicted molar refractivity (Wildman–Crippen MR) is 73.1 cm³/mol. The molecule has 0 saturated carbocycles. The lowest BCUT2D eigenvalue weighted by molar-refractivity contribution is 0.0276. The highest BCUT2D eigenvalue weighted by Crippen LogP contribution is 2.27. The summed E-state index contributed by atoms with van der Waals surface area (Å²) in [6.07, 6.45) is -0.570. The fraction of sp³-hybridized carbons (Fsp3) is 0.231. The van der Waals surface area contributed by atoms with E-state index < -0.39 is 6.10 Å². The molecule has 1 atom stereocenters. The van der Waals surface area contributed by atoms with Gasteiger partial charge in [-0.2, -0.15) is 11.3 Å². The van der Waals surface area contributed by atoms with E-state index in [4.69, 9.17) is 4.74 Å². The fourth-order valence-electron chi connectivity index (χ4n) is 1.48. The Balaban J connectivity index is 1.81. The monoisotopic (exact) mass is 312 g/mol. The molecule has 2 nitrogen and oxygen atoms in total. The van der Waals surface area contributed by atoms with E-state index in [0.29, 0.717) is 13.2 Å². The van der Waals surface area contributed by atoms with Gasteiger partial charge in [0, 0.05) is 15.4 Å². The molecule has 1 unspecified atom stereocenters. The highest BCUT2D eigenvalue weighted by molar-refractivity contribution is 9.10. The molecule has 1 heterocycles. The summed E-state index contributed by atoms with van der Waals surface area (Å²) < 4.78 is 6.44.